The van der Waals surface area contributed by atoms with Crippen LogP contribution in [0, 0.1) is 0 Å². The highest BCUT2D eigenvalue weighted by atomic mass is 35.5. The third kappa shape index (κ3) is 9.54. The number of halogens is 2. The predicted molar refractivity (Wildman–Crippen MR) is 198 cm³/mol. The molecule has 0 amide bonds. The molecule has 51 heavy (non-hydrogen) atoms. The number of aromatic nitrogens is 2. The van der Waals surface area contributed by atoms with Gasteiger partial charge in [0.05, 0.1) is 24.8 Å². The summed E-state index contributed by atoms with van der Waals surface area (Å²) >= 11 is 12.2. The van der Waals surface area contributed by atoms with Crippen LogP contribution in [0.4, 0.5) is 0 Å². The number of ketones is 2. The lowest BCUT2D eigenvalue weighted by Gasteiger charge is -2.29. The van der Waals surface area contributed by atoms with Crippen LogP contribution >= 0.6 is 23.2 Å². The topological polar surface area (TPSA) is 101 Å². The van der Waals surface area contributed by atoms with Crippen molar-refractivity contribution in [2.75, 3.05) is 7.11 Å². The number of benzene rings is 3. The number of carbonyl (C=O) groups excluding carboxylic acids is 3. The van der Waals surface area contributed by atoms with Crippen LogP contribution in [-0.2, 0) is 59.6 Å². The molecule has 8 nitrogen and oxygen atoms in total. The number of pyridine rings is 2. The van der Waals surface area contributed by atoms with Gasteiger partial charge in [-0.15, -0.1) is 0 Å². The average molecular weight is 722 g/mol. The second kappa shape index (κ2) is 17.0. The Kier molecular flexibility index (Phi) is 12.0. The fraction of sp³-hybridized carbons (Fsp3) is 0.244. The van der Waals surface area contributed by atoms with Gasteiger partial charge in [0.2, 0.25) is 0 Å². The Labute approximate surface area is 307 Å². The van der Waals surface area contributed by atoms with Crippen LogP contribution in [0.3, 0.4) is 0 Å². The first-order valence-corrected chi connectivity index (χ1v) is 17.6. The first-order chi connectivity index (χ1) is 24.7. The van der Waals surface area contributed by atoms with Gasteiger partial charge in [0.1, 0.15) is 0 Å². The number of hydrogen-bond acceptors (Lipinski definition) is 8. The van der Waals surface area contributed by atoms with E-state index in [-0.39, 0.29) is 29.6 Å². The maximum Gasteiger partial charge on any atom is 0.337 e. The molecule has 0 fully saturated rings. The fourth-order valence-corrected chi connectivity index (χ4v) is 6.87. The highest BCUT2D eigenvalue weighted by Crippen LogP contribution is 2.27. The molecule has 2 aliphatic heterocycles. The fourth-order valence-electron chi connectivity index (χ4n) is 6.48. The standard InChI is InChI=1S/C25H23ClN2O3.C16H15ClN2O/c1-31-25(30)18-7-5-17(6-8-18)15-28-16-19-9-10-21(26)12-20(19)13-24(29)23(28)14-22-4-2-3-11-27-22;17-13-5-4-11-10-19-15(16(20)8-12(11)7-13)9-14-3-1-2-6-18-14/h2-12,23H,13-16H2,1H3;1-7,15,19H,8-10H2/t23-;15-/m11/s1. The molecule has 7 rings (SSSR count). The molecule has 0 saturated heterocycles. The van der Waals surface area contributed by atoms with E-state index in [0.717, 1.165) is 39.2 Å². The molecule has 0 spiro atoms. The highest BCUT2D eigenvalue weighted by molar-refractivity contribution is 6.31. The average Bonchev–Trinajstić information content (AvgIpc) is 3.37. The monoisotopic (exact) mass is 720 g/mol. The highest BCUT2D eigenvalue weighted by Gasteiger charge is 2.31. The number of ether oxygens (including phenoxy) is 1. The van der Waals surface area contributed by atoms with Crippen molar-refractivity contribution in [2.45, 2.75) is 57.4 Å². The number of methoxy groups -OCH3 is 1. The van der Waals surface area contributed by atoms with Gasteiger partial charge in [-0.2, -0.15) is 0 Å². The number of rotatable bonds is 7. The summed E-state index contributed by atoms with van der Waals surface area (Å²) in [6.07, 6.45) is 5.46. The van der Waals surface area contributed by atoms with E-state index >= 15 is 0 Å². The van der Waals surface area contributed by atoms with Crippen LogP contribution in [0.2, 0.25) is 10.0 Å². The maximum absolute atomic E-state index is 13.3. The van der Waals surface area contributed by atoms with Crippen LogP contribution in [-0.4, -0.2) is 51.6 Å². The van der Waals surface area contributed by atoms with E-state index in [1.165, 1.54) is 7.11 Å². The molecule has 0 saturated carbocycles. The number of nitrogens with one attached hydrogen (secondary N) is 1. The minimum atomic E-state index is -0.365. The first kappa shape index (κ1) is 36.1. The minimum Gasteiger partial charge on any atom is -0.465 e. The molecule has 260 valence electrons. The van der Waals surface area contributed by atoms with Gasteiger partial charge in [-0.3, -0.25) is 24.5 Å². The van der Waals surface area contributed by atoms with Gasteiger partial charge < -0.3 is 10.1 Å². The third-order valence-electron chi connectivity index (χ3n) is 9.21. The van der Waals surface area contributed by atoms with Crippen LogP contribution in [0.1, 0.15) is 49.6 Å². The van der Waals surface area contributed by atoms with Crippen molar-refractivity contribution in [1.29, 1.82) is 0 Å². The Morgan fingerprint density at radius 3 is 2.00 bits per heavy atom. The minimum absolute atomic E-state index is 0.151. The summed E-state index contributed by atoms with van der Waals surface area (Å²) in [4.78, 5) is 48.3. The van der Waals surface area contributed by atoms with Gasteiger partial charge in [-0.1, -0.05) is 59.6 Å². The first-order valence-electron chi connectivity index (χ1n) is 16.8. The van der Waals surface area contributed by atoms with Crippen molar-refractivity contribution in [3.8, 4) is 0 Å². The number of fused-ring (bicyclic) bond motifs is 2. The van der Waals surface area contributed by atoms with Crippen LogP contribution in [0.25, 0.3) is 0 Å². The SMILES string of the molecule is COC(=O)c1ccc(CN2Cc3ccc(Cl)cc3CC(=O)[C@H]2Cc2ccccn2)cc1.O=C1Cc2cc(Cl)ccc2CN[C@@H]1Cc1ccccn1. The normalized spacial score (nSPS) is 17.2. The Bertz CT molecular complexity index is 1990. The summed E-state index contributed by atoms with van der Waals surface area (Å²) in [7, 11) is 1.37. The lowest BCUT2D eigenvalue weighted by Crippen LogP contribution is -2.41. The van der Waals surface area contributed by atoms with E-state index in [4.69, 9.17) is 27.9 Å². The van der Waals surface area contributed by atoms with Crippen molar-refractivity contribution in [2.24, 2.45) is 0 Å². The third-order valence-corrected chi connectivity index (χ3v) is 9.68. The molecule has 4 heterocycles. The molecule has 2 aliphatic rings. The van der Waals surface area contributed by atoms with Gasteiger partial charge in [0.15, 0.2) is 11.6 Å². The van der Waals surface area contributed by atoms with Gasteiger partial charge >= 0.3 is 5.97 Å². The largest absolute Gasteiger partial charge is 0.465 e. The molecule has 0 unspecified atom stereocenters. The lowest BCUT2D eigenvalue weighted by atomic mass is 9.99. The lowest BCUT2D eigenvalue weighted by molar-refractivity contribution is -0.123. The van der Waals surface area contributed by atoms with Crippen molar-refractivity contribution < 1.29 is 19.1 Å². The van der Waals surface area contributed by atoms with Gasteiger partial charge in [0, 0.05) is 79.1 Å². The zero-order valence-electron chi connectivity index (χ0n) is 28.2. The maximum atomic E-state index is 13.3. The summed E-state index contributed by atoms with van der Waals surface area (Å²) in [6.45, 7) is 1.90. The summed E-state index contributed by atoms with van der Waals surface area (Å²) in [5.41, 5.74) is 7.59. The Hall–Kier alpha value is -4.73. The second-order valence-corrected chi connectivity index (χ2v) is 13.6. The summed E-state index contributed by atoms with van der Waals surface area (Å²) < 4.78 is 4.78. The number of carbonyl (C=O) groups is 3. The van der Waals surface area contributed by atoms with Gasteiger partial charge in [-0.05, 0) is 88.5 Å². The zero-order chi connectivity index (χ0) is 35.7. The van der Waals surface area contributed by atoms with E-state index < -0.39 is 0 Å². The summed E-state index contributed by atoms with van der Waals surface area (Å²) in [5, 5.41) is 4.64. The Balaban J connectivity index is 0.000000193. The van der Waals surface area contributed by atoms with Gasteiger partial charge in [-0.25, -0.2) is 4.79 Å². The number of esters is 1. The quantitative estimate of drug-likeness (QED) is 0.183. The van der Waals surface area contributed by atoms with Gasteiger partial charge in [0.25, 0.3) is 0 Å². The smallest absolute Gasteiger partial charge is 0.337 e. The molecule has 10 heteroatoms. The van der Waals surface area contributed by atoms with Crippen LogP contribution in [0.15, 0.2) is 109 Å². The molecule has 1 N–H and O–H groups in total. The Morgan fingerprint density at radius 2 is 1.37 bits per heavy atom. The van der Waals surface area contributed by atoms with E-state index in [1.54, 1.807) is 24.5 Å². The van der Waals surface area contributed by atoms with E-state index in [0.29, 0.717) is 60.9 Å². The van der Waals surface area contributed by atoms with Crippen molar-refractivity contribution in [3.63, 3.8) is 0 Å². The van der Waals surface area contributed by atoms with Crippen LogP contribution in [0.5, 0.6) is 0 Å². The number of Topliss-reactive ketones (excluding diaryl/α,β-unsaturated/α-hetero) is 2. The van der Waals surface area contributed by atoms with Crippen molar-refractivity contribution >= 4 is 40.7 Å². The molecule has 3 aromatic carbocycles. The molecule has 2 aromatic heterocycles. The van der Waals surface area contributed by atoms with Crippen molar-refractivity contribution in [3.05, 3.63) is 164 Å². The molecular weight excluding hydrogens is 683 g/mol. The predicted octanol–water partition coefficient (Wildman–Crippen LogP) is 6.82. The molecule has 5 aromatic rings. The zero-order valence-corrected chi connectivity index (χ0v) is 29.7. The molecular formula is C41H38Cl2N4O4. The van der Waals surface area contributed by atoms with E-state index in [1.807, 2.05) is 84.9 Å². The van der Waals surface area contributed by atoms with E-state index in [9.17, 15) is 14.4 Å². The summed E-state index contributed by atoms with van der Waals surface area (Å²) in [6, 6.07) is 29.9. The van der Waals surface area contributed by atoms with Crippen molar-refractivity contribution in [1.82, 2.24) is 20.2 Å². The summed E-state index contributed by atoms with van der Waals surface area (Å²) in [5.74, 6) is -0.0233. The Morgan fingerprint density at radius 1 is 0.765 bits per heavy atom. The number of nitrogens with zero attached hydrogens (tertiary/aromatic N) is 3. The molecule has 2 atom stereocenters. The second-order valence-electron chi connectivity index (χ2n) is 12.7. The molecule has 0 aliphatic carbocycles. The number of hydrogen-bond donors (Lipinski definition) is 1. The molecule has 0 radical (unpaired) electrons. The van der Waals surface area contributed by atoms with E-state index in [2.05, 4.69) is 20.2 Å². The molecule has 0 bridgehead atoms. The van der Waals surface area contributed by atoms with Crippen LogP contribution < -0.4 is 5.32 Å².